The van der Waals surface area contributed by atoms with Crippen LogP contribution in [0.5, 0.6) is 0 Å². The van der Waals surface area contributed by atoms with E-state index in [1.54, 1.807) is 0 Å². The van der Waals surface area contributed by atoms with Gasteiger partial charge in [0.1, 0.15) is 4.91 Å². The van der Waals surface area contributed by atoms with Gasteiger partial charge in [-0.2, -0.15) is 4.83 Å². The van der Waals surface area contributed by atoms with Gasteiger partial charge in [0, 0.05) is 17.5 Å². The van der Waals surface area contributed by atoms with Crippen molar-refractivity contribution in [2.24, 2.45) is 5.92 Å². The summed E-state index contributed by atoms with van der Waals surface area (Å²) in [4.78, 5) is 16.0. The Morgan fingerprint density at radius 1 is 1.50 bits per heavy atom. The summed E-state index contributed by atoms with van der Waals surface area (Å²) in [7, 11) is 0. The minimum Gasteiger partial charge on any atom is -0.347 e. The number of benzene rings is 1. The lowest BCUT2D eigenvalue weighted by atomic mass is 10.1. The average Bonchev–Trinajstić information content (AvgIpc) is 3.15. The third-order valence-electron chi connectivity index (χ3n) is 3.55. The Morgan fingerprint density at radius 2 is 2.30 bits per heavy atom. The molecule has 3 N–H and O–H groups in total. The molecule has 106 valence electrons. The van der Waals surface area contributed by atoms with Crippen LogP contribution in [0.15, 0.2) is 28.8 Å². The predicted octanol–water partition coefficient (Wildman–Crippen LogP) is 2.64. The van der Waals surface area contributed by atoms with Gasteiger partial charge in [0.25, 0.3) is 5.91 Å². The van der Waals surface area contributed by atoms with E-state index in [4.69, 9.17) is 11.6 Å². The van der Waals surface area contributed by atoms with Crippen molar-refractivity contribution in [1.82, 2.24) is 15.6 Å². The van der Waals surface area contributed by atoms with Crippen molar-refractivity contribution in [3.05, 3.63) is 45.0 Å². The highest BCUT2D eigenvalue weighted by Gasteiger charge is 2.34. The molecule has 0 radical (unpaired) electrons. The van der Waals surface area contributed by atoms with Crippen LogP contribution in [-0.4, -0.2) is 5.91 Å². The van der Waals surface area contributed by atoms with Gasteiger partial charge in [0.05, 0.1) is 5.70 Å². The number of amides is 1. The quantitative estimate of drug-likeness (QED) is 0.749. The molecule has 0 bridgehead atoms. The minimum atomic E-state index is -0.0475. The molecule has 0 saturated heterocycles. The molecule has 2 aliphatic rings. The van der Waals surface area contributed by atoms with Crippen LogP contribution in [0.25, 0.3) is 0 Å². The second-order valence-corrected chi connectivity index (χ2v) is 6.29. The van der Waals surface area contributed by atoms with Crippen molar-refractivity contribution >= 4 is 29.5 Å². The maximum atomic E-state index is 12.3. The van der Waals surface area contributed by atoms with Crippen LogP contribution in [-0.2, 0) is 11.3 Å². The normalized spacial score (nSPS) is 18.1. The molecule has 1 fully saturated rings. The summed E-state index contributed by atoms with van der Waals surface area (Å²) in [6.07, 6.45) is 2.32. The van der Waals surface area contributed by atoms with Gasteiger partial charge >= 0.3 is 0 Å². The van der Waals surface area contributed by atoms with Gasteiger partial charge in [0.15, 0.2) is 0 Å². The van der Waals surface area contributed by atoms with Crippen LogP contribution in [0.1, 0.15) is 24.0 Å². The Hall–Kier alpha value is -1.17. The fraction of sp³-hybridized carbons (Fsp3) is 0.357. The Balaban J connectivity index is 1.69. The molecule has 1 saturated carbocycles. The van der Waals surface area contributed by atoms with Gasteiger partial charge in [-0.3, -0.25) is 4.79 Å². The first-order valence-electron chi connectivity index (χ1n) is 6.61. The number of carbonyl (C=O) groups excluding carboxylic acids is 1. The zero-order valence-corrected chi connectivity index (χ0v) is 12.7. The molecule has 0 aromatic heterocycles. The number of halogens is 1. The van der Waals surface area contributed by atoms with Gasteiger partial charge in [0.2, 0.25) is 0 Å². The first-order valence-corrected chi connectivity index (χ1v) is 7.80. The maximum Gasteiger partial charge on any atom is 0.261 e. The summed E-state index contributed by atoms with van der Waals surface area (Å²) < 4.78 is 0. The van der Waals surface area contributed by atoms with Gasteiger partial charge < -0.3 is 10.7 Å². The summed E-state index contributed by atoms with van der Waals surface area (Å²) >= 11 is 7.51. The molecule has 1 aliphatic heterocycles. The minimum absolute atomic E-state index is 0.0475. The highest BCUT2D eigenvalue weighted by Crippen LogP contribution is 2.40. The number of hydrogen-bond acceptors (Lipinski definition) is 4. The maximum absolute atomic E-state index is 12.3. The molecule has 6 heteroatoms. The number of aryl methyl sites for hydroxylation is 1. The Kier molecular flexibility index (Phi) is 3.92. The third kappa shape index (κ3) is 2.80. The first-order chi connectivity index (χ1) is 9.66. The lowest BCUT2D eigenvalue weighted by molar-refractivity contribution is -0.117. The van der Waals surface area contributed by atoms with E-state index in [2.05, 4.69) is 15.6 Å². The molecule has 1 heterocycles. The van der Waals surface area contributed by atoms with Crippen molar-refractivity contribution in [1.29, 1.82) is 0 Å². The fourth-order valence-electron chi connectivity index (χ4n) is 2.21. The van der Waals surface area contributed by atoms with Gasteiger partial charge in [-0.1, -0.05) is 23.7 Å². The van der Waals surface area contributed by atoms with E-state index in [1.165, 1.54) is 11.9 Å². The Morgan fingerprint density at radius 3 is 3.00 bits per heavy atom. The standard InChI is InChI=1S/C14H16ClN3OS/c1-8-3-2-4-11(15)10(8)7-16-14(19)13-12(9-5-6-9)17-18-20-13/h2-4,9,17-18H,5-7H2,1H3,(H,16,19). The lowest BCUT2D eigenvalue weighted by Crippen LogP contribution is -2.25. The van der Waals surface area contributed by atoms with E-state index in [1.807, 2.05) is 25.1 Å². The van der Waals surface area contributed by atoms with Crippen LogP contribution >= 0.6 is 23.5 Å². The van der Waals surface area contributed by atoms with E-state index >= 15 is 0 Å². The van der Waals surface area contributed by atoms with E-state index in [0.717, 1.165) is 34.6 Å². The largest absolute Gasteiger partial charge is 0.347 e. The van der Waals surface area contributed by atoms with Gasteiger partial charge in [-0.05, 0) is 48.9 Å². The summed E-state index contributed by atoms with van der Waals surface area (Å²) in [6, 6.07) is 5.76. The average molecular weight is 310 g/mol. The molecule has 20 heavy (non-hydrogen) atoms. The summed E-state index contributed by atoms with van der Waals surface area (Å²) in [5, 5.41) is 3.64. The molecule has 1 amide bonds. The van der Waals surface area contributed by atoms with E-state index < -0.39 is 0 Å². The smallest absolute Gasteiger partial charge is 0.261 e. The Bertz CT molecular complexity index is 564. The summed E-state index contributed by atoms with van der Waals surface area (Å²) in [6.45, 7) is 2.45. The molecule has 4 nitrogen and oxygen atoms in total. The molecular weight excluding hydrogens is 294 g/mol. The molecule has 0 unspecified atom stereocenters. The van der Waals surface area contributed by atoms with E-state index in [0.29, 0.717) is 17.5 Å². The van der Waals surface area contributed by atoms with Crippen LogP contribution in [0.4, 0.5) is 0 Å². The van der Waals surface area contributed by atoms with Gasteiger partial charge in [-0.15, -0.1) is 0 Å². The van der Waals surface area contributed by atoms with Crippen LogP contribution in [0.3, 0.4) is 0 Å². The van der Waals surface area contributed by atoms with Crippen molar-refractivity contribution in [2.45, 2.75) is 26.3 Å². The van der Waals surface area contributed by atoms with Crippen LogP contribution in [0, 0.1) is 12.8 Å². The van der Waals surface area contributed by atoms with Crippen molar-refractivity contribution in [3.63, 3.8) is 0 Å². The molecule has 0 atom stereocenters. The van der Waals surface area contributed by atoms with Crippen molar-refractivity contribution in [3.8, 4) is 0 Å². The zero-order chi connectivity index (χ0) is 14.1. The third-order valence-corrected chi connectivity index (χ3v) is 4.72. The highest BCUT2D eigenvalue weighted by molar-refractivity contribution is 8.02. The van der Waals surface area contributed by atoms with E-state index in [-0.39, 0.29) is 5.91 Å². The molecule has 1 aliphatic carbocycles. The fourth-order valence-corrected chi connectivity index (χ4v) is 3.25. The van der Waals surface area contributed by atoms with Crippen molar-refractivity contribution in [2.75, 3.05) is 0 Å². The zero-order valence-electron chi connectivity index (χ0n) is 11.1. The molecule has 3 rings (SSSR count). The highest BCUT2D eigenvalue weighted by atomic mass is 35.5. The first kappa shape index (κ1) is 13.8. The molecule has 1 aromatic rings. The van der Waals surface area contributed by atoms with E-state index in [9.17, 15) is 4.79 Å². The molecule has 0 spiro atoms. The predicted molar refractivity (Wildman–Crippen MR) is 81.6 cm³/mol. The molecule has 1 aromatic carbocycles. The topological polar surface area (TPSA) is 53.2 Å². The number of hydrazine groups is 1. The number of hydrogen-bond donors (Lipinski definition) is 3. The lowest BCUT2D eigenvalue weighted by Gasteiger charge is -2.10. The number of nitrogens with one attached hydrogen (secondary N) is 3. The SMILES string of the molecule is Cc1cccc(Cl)c1CNC(=O)C1=C(C2CC2)NNS1. The summed E-state index contributed by atoms with van der Waals surface area (Å²) in [5.41, 5.74) is 6.17. The second-order valence-electron chi connectivity index (χ2n) is 5.06. The number of allylic oxidation sites excluding steroid dienone is 1. The van der Waals surface area contributed by atoms with Gasteiger partial charge in [-0.25, -0.2) is 0 Å². The van der Waals surface area contributed by atoms with Crippen molar-refractivity contribution < 1.29 is 4.79 Å². The number of rotatable bonds is 4. The monoisotopic (exact) mass is 309 g/mol. The van der Waals surface area contributed by atoms with Crippen LogP contribution < -0.4 is 15.6 Å². The second kappa shape index (κ2) is 5.68. The molecular formula is C14H16ClN3OS. The Labute approximate surface area is 127 Å². The number of carbonyl (C=O) groups is 1. The summed E-state index contributed by atoms with van der Waals surface area (Å²) in [5.74, 6) is 0.467. The van der Waals surface area contributed by atoms with Crippen LogP contribution in [0.2, 0.25) is 5.02 Å².